The van der Waals surface area contributed by atoms with Crippen molar-refractivity contribution in [1.29, 1.82) is 0 Å². The minimum absolute atomic E-state index is 0.509. The first kappa shape index (κ1) is 12.3. The molecule has 4 heteroatoms. The summed E-state index contributed by atoms with van der Waals surface area (Å²) in [6, 6.07) is 1.24. The summed E-state index contributed by atoms with van der Waals surface area (Å²) in [5, 5.41) is 0. The van der Waals surface area contributed by atoms with Crippen molar-refractivity contribution in [3.05, 3.63) is 0 Å². The van der Waals surface area contributed by atoms with Gasteiger partial charge < -0.3 is 10.6 Å². The molecule has 3 aliphatic rings. The van der Waals surface area contributed by atoms with Crippen molar-refractivity contribution in [2.45, 2.75) is 57.0 Å². The molecular weight excluding hydrogens is 224 g/mol. The molecule has 102 valence electrons. The van der Waals surface area contributed by atoms with Gasteiger partial charge in [-0.1, -0.05) is 19.3 Å². The van der Waals surface area contributed by atoms with Crippen LogP contribution in [0, 0.1) is 0 Å². The lowest BCUT2D eigenvalue weighted by molar-refractivity contribution is 0.0795. The van der Waals surface area contributed by atoms with Crippen molar-refractivity contribution in [2.24, 2.45) is 10.7 Å². The number of guanidine groups is 1. The molecule has 0 amide bonds. The van der Waals surface area contributed by atoms with E-state index < -0.39 is 0 Å². The lowest BCUT2D eigenvalue weighted by Crippen LogP contribution is -2.57. The third-order valence-corrected chi connectivity index (χ3v) is 4.80. The van der Waals surface area contributed by atoms with Crippen molar-refractivity contribution >= 4 is 5.96 Å². The van der Waals surface area contributed by atoms with Crippen molar-refractivity contribution in [2.75, 3.05) is 26.2 Å². The predicted molar refractivity (Wildman–Crippen MR) is 74.7 cm³/mol. The molecule has 0 radical (unpaired) electrons. The maximum atomic E-state index is 6.21. The SMILES string of the molecule is NC(=NC1CCCC1)N1CCN2CCCCC2C1. The van der Waals surface area contributed by atoms with Crippen LogP contribution in [0.3, 0.4) is 0 Å². The number of rotatable bonds is 1. The zero-order valence-electron chi connectivity index (χ0n) is 11.4. The van der Waals surface area contributed by atoms with Gasteiger partial charge >= 0.3 is 0 Å². The van der Waals surface area contributed by atoms with Gasteiger partial charge in [-0.05, 0) is 32.2 Å². The molecule has 2 saturated heterocycles. The van der Waals surface area contributed by atoms with Crippen molar-refractivity contribution < 1.29 is 0 Å². The van der Waals surface area contributed by atoms with E-state index in [-0.39, 0.29) is 0 Å². The van der Waals surface area contributed by atoms with Gasteiger partial charge in [0.15, 0.2) is 5.96 Å². The summed E-state index contributed by atoms with van der Waals surface area (Å²) in [6.07, 6.45) is 9.24. The highest BCUT2D eigenvalue weighted by molar-refractivity contribution is 5.78. The van der Waals surface area contributed by atoms with Crippen LogP contribution < -0.4 is 5.73 Å². The maximum Gasteiger partial charge on any atom is 0.191 e. The molecule has 0 aromatic heterocycles. The number of piperazine rings is 1. The summed E-state index contributed by atoms with van der Waals surface area (Å²) >= 11 is 0. The Morgan fingerprint density at radius 2 is 1.72 bits per heavy atom. The predicted octanol–water partition coefficient (Wildman–Crippen LogP) is 1.41. The molecule has 0 bridgehead atoms. The Morgan fingerprint density at radius 1 is 0.944 bits per heavy atom. The molecular formula is C14H26N4. The molecule has 1 saturated carbocycles. The molecule has 3 rings (SSSR count). The number of hydrogen-bond acceptors (Lipinski definition) is 2. The van der Waals surface area contributed by atoms with Gasteiger partial charge in [0.2, 0.25) is 0 Å². The minimum atomic E-state index is 0.509. The monoisotopic (exact) mass is 250 g/mol. The molecule has 1 atom stereocenters. The normalized spacial score (nSPS) is 31.7. The minimum Gasteiger partial charge on any atom is -0.370 e. The number of piperidine rings is 1. The second-order valence-corrected chi connectivity index (χ2v) is 6.06. The standard InChI is InChI=1S/C14H26N4/c15-14(16-12-5-1-2-6-12)18-10-9-17-8-4-3-7-13(17)11-18/h12-13H,1-11H2,(H2,15,16). The summed E-state index contributed by atoms with van der Waals surface area (Å²) in [5.74, 6) is 0.812. The third kappa shape index (κ3) is 2.63. The smallest absolute Gasteiger partial charge is 0.191 e. The highest BCUT2D eigenvalue weighted by atomic mass is 15.3. The van der Waals surface area contributed by atoms with Gasteiger partial charge in [0.1, 0.15) is 0 Å². The number of nitrogens with two attached hydrogens (primary N) is 1. The van der Waals surface area contributed by atoms with Crippen LogP contribution in [0.25, 0.3) is 0 Å². The summed E-state index contributed by atoms with van der Waals surface area (Å²) in [5.41, 5.74) is 6.21. The van der Waals surface area contributed by atoms with E-state index in [9.17, 15) is 0 Å². The van der Waals surface area contributed by atoms with Gasteiger partial charge in [0, 0.05) is 25.7 Å². The third-order valence-electron chi connectivity index (χ3n) is 4.80. The van der Waals surface area contributed by atoms with Gasteiger partial charge in [-0.25, -0.2) is 4.99 Å². The van der Waals surface area contributed by atoms with Crippen molar-refractivity contribution in [1.82, 2.24) is 9.80 Å². The molecule has 2 heterocycles. The Kier molecular flexibility index (Phi) is 3.73. The van der Waals surface area contributed by atoms with Crippen molar-refractivity contribution in [3.63, 3.8) is 0 Å². The van der Waals surface area contributed by atoms with E-state index in [0.717, 1.165) is 25.1 Å². The summed E-state index contributed by atoms with van der Waals surface area (Å²) in [6.45, 7) is 4.63. The Hall–Kier alpha value is -0.770. The fraction of sp³-hybridized carbons (Fsp3) is 0.929. The molecule has 2 aliphatic heterocycles. The number of fused-ring (bicyclic) bond motifs is 1. The van der Waals surface area contributed by atoms with Crippen LogP contribution in [0.1, 0.15) is 44.9 Å². The van der Waals surface area contributed by atoms with E-state index in [1.165, 1.54) is 58.0 Å². The second kappa shape index (κ2) is 5.47. The van der Waals surface area contributed by atoms with E-state index in [0.29, 0.717) is 6.04 Å². The van der Waals surface area contributed by atoms with Gasteiger partial charge in [-0.2, -0.15) is 0 Å². The highest BCUT2D eigenvalue weighted by Crippen LogP contribution is 2.23. The lowest BCUT2D eigenvalue weighted by atomic mass is 10.00. The Morgan fingerprint density at radius 3 is 2.56 bits per heavy atom. The second-order valence-electron chi connectivity index (χ2n) is 6.06. The average molecular weight is 250 g/mol. The van der Waals surface area contributed by atoms with Crippen LogP contribution in [-0.2, 0) is 0 Å². The van der Waals surface area contributed by atoms with Crippen LogP contribution in [0.15, 0.2) is 4.99 Å². The number of aliphatic imine (C=N–C) groups is 1. The summed E-state index contributed by atoms with van der Waals surface area (Å²) in [4.78, 5) is 9.71. The molecule has 3 fully saturated rings. The quantitative estimate of drug-likeness (QED) is 0.565. The zero-order valence-corrected chi connectivity index (χ0v) is 11.4. The first-order valence-corrected chi connectivity index (χ1v) is 7.65. The van der Waals surface area contributed by atoms with Crippen molar-refractivity contribution in [3.8, 4) is 0 Å². The first-order chi connectivity index (χ1) is 8.83. The van der Waals surface area contributed by atoms with E-state index in [1.54, 1.807) is 0 Å². The molecule has 0 spiro atoms. The molecule has 2 N–H and O–H groups in total. The molecule has 4 nitrogen and oxygen atoms in total. The molecule has 1 aliphatic carbocycles. The van der Waals surface area contributed by atoms with E-state index in [1.807, 2.05) is 0 Å². The summed E-state index contributed by atoms with van der Waals surface area (Å²) in [7, 11) is 0. The molecule has 1 unspecified atom stereocenters. The highest BCUT2D eigenvalue weighted by Gasteiger charge is 2.29. The Labute approximate surface area is 110 Å². The van der Waals surface area contributed by atoms with E-state index >= 15 is 0 Å². The van der Waals surface area contributed by atoms with E-state index in [2.05, 4.69) is 9.80 Å². The van der Waals surface area contributed by atoms with Crippen LogP contribution >= 0.6 is 0 Å². The van der Waals surface area contributed by atoms with Crippen LogP contribution in [-0.4, -0.2) is 54.0 Å². The fourth-order valence-electron chi connectivity index (χ4n) is 3.67. The number of nitrogens with zero attached hydrogens (tertiary/aromatic N) is 3. The largest absolute Gasteiger partial charge is 0.370 e. The van der Waals surface area contributed by atoms with Crippen LogP contribution in [0.4, 0.5) is 0 Å². The van der Waals surface area contributed by atoms with Gasteiger partial charge in [-0.15, -0.1) is 0 Å². The van der Waals surface area contributed by atoms with Gasteiger partial charge in [0.05, 0.1) is 6.04 Å². The van der Waals surface area contributed by atoms with Crippen LogP contribution in [0.2, 0.25) is 0 Å². The van der Waals surface area contributed by atoms with Gasteiger partial charge in [-0.3, -0.25) is 4.90 Å². The van der Waals surface area contributed by atoms with Gasteiger partial charge in [0.25, 0.3) is 0 Å². The number of hydrogen-bond donors (Lipinski definition) is 1. The topological polar surface area (TPSA) is 44.9 Å². The zero-order chi connectivity index (χ0) is 12.4. The Bertz CT molecular complexity index is 309. The molecule has 18 heavy (non-hydrogen) atoms. The molecule has 0 aromatic rings. The maximum absolute atomic E-state index is 6.21. The molecule has 0 aromatic carbocycles. The van der Waals surface area contributed by atoms with Crippen LogP contribution in [0.5, 0.6) is 0 Å². The average Bonchev–Trinajstić information content (AvgIpc) is 2.91. The fourth-order valence-corrected chi connectivity index (χ4v) is 3.67. The Balaban J connectivity index is 1.59. The van der Waals surface area contributed by atoms with E-state index in [4.69, 9.17) is 10.7 Å². The lowest BCUT2D eigenvalue weighted by Gasteiger charge is -2.44. The first-order valence-electron chi connectivity index (χ1n) is 7.65. The summed E-state index contributed by atoms with van der Waals surface area (Å²) < 4.78 is 0.